The van der Waals surface area contributed by atoms with Crippen molar-refractivity contribution in [2.75, 3.05) is 39.3 Å². The predicted octanol–water partition coefficient (Wildman–Crippen LogP) is 1.33. The van der Waals surface area contributed by atoms with Crippen LogP contribution in [0.25, 0.3) is 11.0 Å². The molecule has 2 atom stereocenters. The van der Waals surface area contributed by atoms with Crippen molar-refractivity contribution in [3.63, 3.8) is 0 Å². The van der Waals surface area contributed by atoms with Gasteiger partial charge in [0.25, 0.3) is 0 Å². The molecule has 3 aliphatic rings. The molecular formula is C20H27N5O2. The van der Waals surface area contributed by atoms with E-state index >= 15 is 0 Å². The smallest absolute Gasteiger partial charge is 0.241 e. The third-order valence-corrected chi connectivity index (χ3v) is 6.51. The Kier molecular flexibility index (Phi) is 4.59. The minimum absolute atomic E-state index is 0.0232. The number of nitrogens with zero attached hydrogens (tertiary/aromatic N) is 3. The molecule has 144 valence electrons. The second-order valence-corrected chi connectivity index (χ2v) is 8.06. The lowest BCUT2D eigenvalue weighted by molar-refractivity contribution is -0.137. The zero-order chi connectivity index (χ0) is 18.2. The number of piperidine rings is 2. The first-order valence-electron chi connectivity index (χ1n) is 10.1. The molecule has 1 aromatic heterocycles. The predicted molar refractivity (Wildman–Crippen MR) is 102 cm³/mol. The Labute approximate surface area is 159 Å². The second kappa shape index (κ2) is 7.22. The van der Waals surface area contributed by atoms with Gasteiger partial charge < -0.3 is 14.3 Å². The summed E-state index contributed by atoms with van der Waals surface area (Å²) < 4.78 is 5.48. The molecule has 7 nitrogen and oxygen atoms in total. The number of nitrogens with one attached hydrogen (secondary N) is 2. The Morgan fingerprint density at radius 2 is 1.96 bits per heavy atom. The standard InChI is InChI=1S/C20H27N5O2/c26-20-19-15(13-21-22-19)7-10-25(20)12-11-24-8-5-14(6-9-24)18-16-3-1-2-4-17(16)27-23-18/h1-4,14-15,19,21-22H,5-13H2. The molecule has 3 fully saturated rings. The molecule has 0 spiro atoms. The summed E-state index contributed by atoms with van der Waals surface area (Å²) >= 11 is 0. The number of carbonyl (C=O) groups is 1. The Balaban J connectivity index is 1.14. The Hall–Kier alpha value is -1.96. The number of hydrogen-bond donors (Lipinski definition) is 2. The van der Waals surface area contributed by atoms with Crippen LogP contribution in [0, 0.1) is 5.92 Å². The van der Waals surface area contributed by atoms with Crippen LogP contribution in [0.4, 0.5) is 0 Å². The highest BCUT2D eigenvalue weighted by atomic mass is 16.5. The van der Waals surface area contributed by atoms with Crippen LogP contribution in [0.15, 0.2) is 28.8 Å². The maximum Gasteiger partial charge on any atom is 0.241 e. The molecule has 2 unspecified atom stereocenters. The summed E-state index contributed by atoms with van der Waals surface area (Å²) in [7, 11) is 0. The van der Waals surface area contributed by atoms with Gasteiger partial charge in [-0.05, 0) is 44.5 Å². The lowest BCUT2D eigenvalue weighted by Gasteiger charge is -2.36. The number of likely N-dealkylation sites (tertiary alicyclic amines) is 2. The number of hydrazine groups is 1. The van der Waals surface area contributed by atoms with Crippen LogP contribution in [-0.2, 0) is 4.79 Å². The summed E-state index contributed by atoms with van der Waals surface area (Å²) in [6.07, 6.45) is 3.29. The molecule has 1 aromatic carbocycles. The highest BCUT2D eigenvalue weighted by molar-refractivity contribution is 5.83. The van der Waals surface area contributed by atoms with Crippen molar-refractivity contribution in [1.82, 2.24) is 25.8 Å². The van der Waals surface area contributed by atoms with Crippen molar-refractivity contribution in [2.45, 2.75) is 31.2 Å². The van der Waals surface area contributed by atoms with Gasteiger partial charge in [-0.3, -0.25) is 10.2 Å². The van der Waals surface area contributed by atoms with Crippen molar-refractivity contribution in [1.29, 1.82) is 0 Å². The number of rotatable bonds is 4. The maximum absolute atomic E-state index is 12.6. The molecule has 0 radical (unpaired) electrons. The Morgan fingerprint density at radius 1 is 1.11 bits per heavy atom. The molecule has 1 amide bonds. The molecule has 27 heavy (non-hydrogen) atoms. The number of amides is 1. The fourth-order valence-corrected chi connectivity index (χ4v) is 4.81. The minimum Gasteiger partial charge on any atom is -0.356 e. The summed E-state index contributed by atoms with van der Waals surface area (Å²) in [6.45, 7) is 5.71. The molecule has 0 aliphatic carbocycles. The molecule has 4 heterocycles. The van der Waals surface area contributed by atoms with Crippen LogP contribution in [0.1, 0.15) is 30.9 Å². The van der Waals surface area contributed by atoms with Crippen molar-refractivity contribution >= 4 is 16.9 Å². The highest BCUT2D eigenvalue weighted by Gasteiger charge is 2.39. The van der Waals surface area contributed by atoms with Crippen LogP contribution in [0.3, 0.4) is 0 Å². The first kappa shape index (κ1) is 17.2. The zero-order valence-corrected chi connectivity index (χ0v) is 15.6. The minimum atomic E-state index is -0.0232. The van der Waals surface area contributed by atoms with Gasteiger partial charge in [-0.2, -0.15) is 0 Å². The van der Waals surface area contributed by atoms with Crippen LogP contribution in [-0.4, -0.2) is 66.2 Å². The summed E-state index contributed by atoms with van der Waals surface area (Å²) in [5, 5.41) is 5.50. The van der Waals surface area contributed by atoms with Gasteiger partial charge in [0, 0.05) is 43.4 Å². The van der Waals surface area contributed by atoms with Crippen LogP contribution < -0.4 is 10.9 Å². The third kappa shape index (κ3) is 3.24. The van der Waals surface area contributed by atoms with E-state index in [0.29, 0.717) is 11.8 Å². The molecule has 3 aliphatic heterocycles. The molecule has 3 saturated heterocycles. The normalized spacial score (nSPS) is 27.4. The second-order valence-electron chi connectivity index (χ2n) is 8.06. The molecule has 7 heteroatoms. The van der Waals surface area contributed by atoms with Crippen molar-refractivity contribution in [3.05, 3.63) is 30.0 Å². The van der Waals surface area contributed by atoms with Crippen molar-refractivity contribution < 1.29 is 9.32 Å². The van der Waals surface area contributed by atoms with Gasteiger partial charge in [0.2, 0.25) is 5.91 Å². The average Bonchev–Trinajstić information content (AvgIpc) is 3.35. The Bertz CT molecular complexity index is 814. The summed E-state index contributed by atoms with van der Waals surface area (Å²) in [6, 6.07) is 8.10. The van der Waals surface area contributed by atoms with E-state index in [1.165, 1.54) is 0 Å². The lowest BCUT2D eigenvalue weighted by Crippen LogP contribution is -2.54. The van der Waals surface area contributed by atoms with E-state index < -0.39 is 0 Å². The first-order valence-corrected chi connectivity index (χ1v) is 10.1. The highest BCUT2D eigenvalue weighted by Crippen LogP contribution is 2.32. The summed E-state index contributed by atoms with van der Waals surface area (Å²) in [5.41, 5.74) is 8.27. The van der Waals surface area contributed by atoms with E-state index in [4.69, 9.17) is 4.52 Å². The number of aromatic nitrogens is 1. The molecule has 2 N–H and O–H groups in total. The van der Waals surface area contributed by atoms with Crippen LogP contribution in [0.5, 0.6) is 0 Å². The summed E-state index contributed by atoms with van der Waals surface area (Å²) in [5.74, 6) is 1.19. The van der Waals surface area contributed by atoms with E-state index in [1.807, 2.05) is 23.1 Å². The first-order chi connectivity index (χ1) is 13.3. The maximum atomic E-state index is 12.6. The van der Waals surface area contributed by atoms with Gasteiger partial charge in [-0.1, -0.05) is 17.3 Å². The van der Waals surface area contributed by atoms with Crippen LogP contribution >= 0.6 is 0 Å². The number of hydrogen-bond acceptors (Lipinski definition) is 6. The van der Waals surface area contributed by atoms with Gasteiger partial charge in [0.05, 0.1) is 5.69 Å². The molecular weight excluding hydrogens is 342 g/mol. The van der Waals surface area contributed by atoms with Crippen LogP contribution in [0.2, 0.25) is 0 Å². The summed E-state index contributed by atoms with van der Waals surface area (Å²) in [4.78, 5) is 17.1. The van der Waals surface area contributed by atoms with Gasteiger partial charge in [-0.25, -0.2) is 5.43 Å². The van der Waals surface area contributed by atoms with Crippen molar-refractivity contribution in [3.8, 4) is 0 Å². The van der Waals surface area contributed by atoms with Crippen molar-refractivity contribution in [2.24, 2.45) is 5.92 Å². The third-order valence-electron chi connectivity index (χ3n) is 6.51. The monoisotopic (exact) mass is 369 g/mol. The molecule has 2 aromatic rings. The van der Waals surface area contributed by atoms with E-state index in [-0.39, 0.29) is 11.9 Å². The topological polar surface area (TPSA) is 73.6 Å². The van der Waals surface area contributed by atoms with Gasteiger partial charge in [0.15, 0.2) is 5.58 Å². The van der Waals surface area contributed by atoms with Gasteiger partial charge in [-0.15, -0.1) is 0 Å². The quantitative estimate of drug-likeness (QED) is 0.847. The van der Waals surface area contributed by atoms with Gasteiger partial charge >= 0.3 is 0 Å². The van der Waals surface area contributed by atoms with Gasteiger partial charge in [0.1, 0.15) is 6.04 Å². The molecule has 0 bridgehead atoms. The number of benzene rings is 1. The largest absolute Gasteiger partial charge is 0.356 e. The Morgan fingerprint density at radius 3 is 2.85 bits per heavy atom. The molecule has 0 saturated carbocycles. The number of fused-ring (bicyclic) bond motifs is 2. The van der Waals surface area contributed by atoms with E-state index in [9.17, 15) is 4.79 Å². The number of carbonyl (C=O) groups excluding carboxylic acids is 1. The lowest BCUT2D eigenvalue weighted by atomic mass is 9.91. The zero-order valence-electron chi connectivity index (χ0n) is 15.6. The average molecular weight is 369 g/mol. The number of para-hydroxylation sites is 1. The fourth-order valence-electron chi connectivity index (χ4n) is 4.81. The van der Waals surface area contributed by atoms with E-state index in [2.05, 4.69) is 27.0 Å². The SMILES string of the molecule is O=C1C2NNCC2CCN1CCN1CCC(c2noc3ccccc23)CC1. The fraction of sp³-hybridized carbons (Fsp3) is 0.600. The van der Waals surface area contributed by atoms with E-state index in [0.717, 1.165) is 75.2 Å². The van der Waals surface area contributed by atoms with E-state index in [1.54, 1.807) is 0 Å². The molecule has 5 rings (SSSR count).